The molecule has 5 heteroatoms. The van der Waals surface area contributed by atoms with Crippen LogP contribution >= 0.6 is 0 Å². The van der Waals surface area contributed by atoms with Gasteiger partial charge in [0.1, 0.15) is 11.6 Å². The van der Waals surface area contributed by atoms with Crippen LogP contribution in [0.4, 0.5) is 5.82 Å². The number of amides is 1. The Hall–Kier alpha value is -3.73. The molecule has 5 nitrogen and oxygen atoms in total. The quantitative estimate of drug-likeness (QED) is 0.366. The summed E-state index contributed by atoms with van der Waals surface area (Å²) in [6.45, 7) is 6.05. The smallest absolute Gasteiger partial charge is 0.301 e. The van der Waals surface area contributed by atoms with Crippen molar-refractivity contribution in [2.75, 3.05) is 4.90 Å². The second kappa shape index (κ2) is 8.19. The second-order valence-electron chi connectivity index (χ2n) is 8.00. The molecule has 3 aromatic rings. The molecule has 156 valence electrons. The number of Topliss-reactive ketones (excluding diaryl/α,β-unsaturated/α-hetero) is 1. The van der Waals surface area contributed by atoms with E-state index in [9.17, 15) is 14.7 Å². The molecule has 2 heterocycles. The Bertz CT molecular complexity index is 1160. The van der Waals surface area contributed by atoms with Crippen LogP contribution in [0.15, 0.2) is 78.5 Å². The number of aliphatic hydroxyl groups is 1. The summed E-state index contributed by atoms with van der Waals surface area (Å²) in [6, 6.07) is 19.5. The lowest BCUT2D eigenvalue weighted by Crippen LogP contribution is -2.30. The van der Waals surface area contributed by atoms with Crippen molar-refractivity contribution in [2.45, 2.75) is 32.7 Å². The molecule has 1 fully saturated rings. The molecule has 0 bridgehead atoms. The Morgan fingerprint density at radius 3 is 2.26 bits per heavy atom. The standard InChI is InChI=1S/C26H24N2O3/c1-16(2)18-11-13-19(14-12-18)22-21(23(29)20-9-5-4-6-10-20)24(30)26(31)28(22)25-17(3)8-7-15-27-25/h4-16,22,29H,1-3H3. The van der Waals surface area contributed by atoms with Gasteiger partial charge in [-0.1, -0.05) is 74.5 Å². The molecule has 1 amide bonds. The number of anilines is 1. The van der Waals surface area contributed by atoms with Gasteiger partial charge in [0, 0.05) is 11.8 Å². The third-order valence-corrected chi connectivity index (χ3v) is 5.62. The lowest BCUT2D eigenvalue weighted by Gasteiger charge is -2.26. The van der Waals surface area contributed by atoms with E-state index in [1.165, 1.54) is 4.90 Å². The predicted molar refractivity (Wildman–Crippen MR) is 121 cm³/mol. The minimum atomic E-state index is -0.769. The number of hydrogen-bond acceptors (Lipinski definition) is 4. The van der Waals surface area contributed by atoms with Gasteiger partial charge in [-0.25, -0.2) is 4.98 Å². The first-order valence-corrected chi connectivity index (χ1v) is 10.3. The van der Waals surface area contributed by atoms with Crippen LogP contribution in [-0.2, 0) is 9.59 Å². The van der Waals surface area contributed by atoms with Gasteiger partial charge in [0.05, 0.1) is 11.6 Å². The number of aryl methyl sites for hydroxylation is 1. The van der Waals surface area contributed by atoms with Gasteiger partial charge >= 0.3 is 5.91 Å². The average molecular weight is 412 g/mol. The van der Waals surface area contributed by atoms with Gasteiger partial charge in [-0.2, -0.15) is 0 Å². The Labute approximate surface area is 181 Å². The van der Waals surface area contributed by atoms with E-state index in [-0.39, 0.29) is 11.3 Å². The van der Waals surface area contributed by atoms with Crippen LogP contribution in [0, 0.1) is 6.92 Å². The zero-order valence-corrected chi connectivity index (χ0v) is 17.7. The van der Waals surface area contributed by atoms with E-state index >= 15 is 0 Å². The van der Waals surface area contributed by atoms with Crippen molar-refractivity contribution in [1.82, 2.24) is 4.98 Å². The first-order valence-electron chi connectivity index (χ1n) is 10.3. The highest BCUT2D eigenvalue weighted by Crippen LogP contribution is 2.42. The molecule has 0 saturated carbocycles. The molecule has 1 aliphatic rings. The van der Waals surface area contributed by atoms with E-state index in [4.69, 9.17) is 0 Å². The van der Waals surface area contributed by atoms with Gasteiger partial charge in [-0.3, -0.25) is 14.5 Å². The molecule has 1 unspecified atom stereocenters. The highest BCUT2D eigenvalue weighted by atomic mass is 16.3. The van der Waals surface area contributed by atoms with E-state index < -0.39 is 17.7 Å². The second-order valence-corrected chi connectivity index (χ2v) is 8.00. The number of carbonyl (C=O) groups excluding carboxylic acids is 2. The Morgan fingerprint density at radius 2 is 1.65 bits per heavy atom. The van der Waals surface area contributed by atoms with Crippen molar-refractivity contribution in [1.29, 1.82) is 0 Å². The zero-order valence-electron chi connectivity index (χ0n) is 17.7. The van der Waals surface area contributed by atoms with E-state index in [1.54, 1.807) is 36.5 Å². The lowest BCUT2D eigenvalue weighted by molar-refractivity contribution is -0.132. The molecule has 0 radical (unpaired) electrons. The fourth-order valence-electron chi connectivity index (χ4n) is 3.91. The summed E-state index contributed by atoms with van der Waals surface area (Å²) in [4.78, 5) is 32.1. The number of ketones is 1. The summed E-state index contributed by atoms with van der Waals surface area (Å²) in [5.41, 5.74) is 3.22. The van der Waals surface area contributed by atoms with E-state index in [1.807, 2.05) is 43.3 Å². The molecule has 0 spiro atoms. The van der Waals surface area contributed by atoms with Crippen molar-refractivity contribution in [3.05, 3.63) is 101 Å². The molecule has 2 aromatic carbocycles. The summed E-state index contributed by atoms with van der Waals surface area (Å²) in [5, 5.41) is 11.1. The summed E-state index contributed by atoms with van der Waals surface area (Å²) in [5.74, 6) is -0.841. The van der Waals surface area contributed by atoms with Crippen LogP contribution in [0.2, 0.25) is 0 Å². The van der Waals surface area contributed by atoms with Crippen molar-refractivity contribution in [3.8, 4) is 0 Å². The maximum atomic E-state index is 13.2. The number of aromatic nitrogens is 1. The number of nitrogens with zero attached hydrogens (tertiary/aromatic N) is 2. The molecule has 4 rings (SSSR count). The molecule has 31 heavy (non-hydrogen) atoms. The highest BCUT2D eigenvalue weighted by molar-refractivity contribution is 6.51. The summed E-state index contributed by atoms with van der Waals surface area (Å²) < 4.78 is 0. The van der Waals surface area contributed by atoms with Gasteiger partial charge < -0.3 is 5.11 Å². The van der Waals surface area contributed by atoms with Crippen LogP contribution in [0.1, 0.15) is 48.1 Å². The van der Waals surface area contributed by atoms with E-state index in [0.29, 0.717) is 17.3 Å². The largest absolute Gasteiger partial charge is 0.507 e. The Balaban J connectivity index is 1.94. The van der Waals surface area contributed by atoms with Crippen LogP contribution < -0.4 is 4.90 Å². The minimum absolute atomic E-state index is 0.0681. The lowest BCUT2D eigenvalue weighted by atomic mass is 9.93. The van der Waals surface area contributed by atoms with Crippen LogP contribution in [0.25, 0.3) is 5.76 Å². The van der Waals surface area contributed by atoms with Crippen LogP contribution in [0.3, 0.4) is 0 Å². The number of carbonyl (C=O) groups is 2. The summed E-state index contributed by atoms with van der Waals surface area (Å²) in [6.07, 6.45) is 1.60. The van der Waals surface area contributed by atoms with Crippen molar-refractivity contribution >= 4 is 23.3 Å². The summed E-state index contributed by atoms with van der Waals surface area (Å²) in [7, 11) is 0. The molecule has 1 aliphatic heterocycles. The van der Waals surface area contributed by atoms with Gasteiger partial charge in [0.15, 0.2) is 0 Å². The Kier molecular flexibility index (Phi) is 5.42. The third kappa shape index (κ3) is 3.63. The first kappa shape index (κ1) is 20.5. The monoisotopic (exact) mass is 412 g/mol. The fourth-order valence-corrected chi connectivity index (χ4v) is 3.91. The molecule has 1 saturated heterocycles. The van der Waals surface area contributed by atoms with E-state index in [2.05, 4.69) is 18.8 Å². The topological polar surface area (TPSA) is 70.5 Å². The molecule has 1 N–H and O–H groups in total. The van der Waals surface area contributed by atoms with Gasteiger partial charge in [-0.15, -0.1) is 0 Å². The third-order valence-electron chi connectivity index (χ3n) is 5.62. The fraction of sp³-hybridized carbons (Fsp3) is 0.192. The van der Waals surface area contributed by atoms with Gasteiger partial charge in [0.25, 0.3) is 5.78 Å². The molecule has 1 atom stereocenters. The molecular weight excluding hydrogens is 388 g/mol. The van der Waals surface area contributed by atoms with Crippen molar-refractivity contribution < 1.29 is 14.7 Å². The summed E-state index contributed by atoms with van der Waals surface area (Å²) >= 11 is 0. The maximum absolute atomic E-state index is 13.2. The zero-order chi connectivity index (χ0) is 22.1. The molecular formula is C26H24N2O3. The van der Waals surface area contributed by atoms with Crippen molar-refractivity contribution in [3.63, 3.8) is 0 Å². The normalized spacial score (nSPS) is 18.1. The maximum Gasteiger partial charge on any atom is 0.301 e. The number of aliphatic hydroxyl groups excluding tert-OH is 1. The first-order chi connectivity index (χ1) is 14.9. The minimum Gasteiger partial charge on any atom is -0.507 e. The molecule has 0 aliphatic carbocycles. The SMILES string of the molecule is Cc1cccnc1N1C(=O)C(=O)C(=C(O)c2ccccc2)C1c1ccc(C(C)C)cc1. The van der Waals surface area contributed by atoms with Crippen LogP contribution in [0.5, 0.6) is 0 Å². The number of benzene rings is 2. The van der Waals surface area contributed by atoms with E-state index in [0.717, 1.165) is 16.7 Å². The van der Waals surface area contributed by atoms with Crippen LogP contribution in [-0.4, -0.2) is 21.8 Å². The number of pyridine rings is 1. The Morgan fingerprint density at radius 1 is 0.968 bits per heavy atom. The highest BCUT2D eigenvalue weighted by Gasteiger charge is 2.47. The van der Waals surface area contributed by atoms with Gasteiger partial charge in [0.2, 0.25) is 0 Å². The van der Waals surface area contributed by atoms with Crippen molar-refractivity contribution in [2.24, 2.45) is 0 Å². The number of rotatable bonds is 4. The number of hydrogen-bond donors (Lipinski definition) is 1. The predicted octanol–water partition coefficient (Wildman–Crippen LogP) is 5.14. The molecule has 1 aromatic heterocycles. The van der Waals surface area contributed by atoms with Gasteiger partial charge in [-0.05, 0) is 35.6 Å². The average Bonchev–Trinajstić information content (AvgIpc) is 3.05.